The lowest BCUT2D eigenvalue weighted by molar-refractivity contribution is -0.122. The van der Waals surface area contributed by atoms with Crippen LogP contribution in [0.3, 0.4) is 0 Å². The van der Waals surface area contributed by atoms with Crippen LogP contribution < -0.4 is 10.6 Å². The van der Waals surface area contributed by atoms with Gasteiger partial charge in [0.2, 0.25) is 5.91 Å². The van der Waals surface area contributed by atoms with Gasteiger partial charge in [-0.1, -0.05) is 30.3 Å². The molecule has 0 saturated carbocycles. The van der Waals surface area contributed by atoms with E-state index in [9.17, 15) is 4.79 Å². The molecule has 7 heteroatoms. The zero-order valence-electron chi connectivity index (χ0n) is 15.1. The van der Waals surface area contributed by atoms with Gasteiger partial charge in [0.05, 0.1) is 12.2 Å². The third-order valence-electron chi connectivity index (χ3n) is 4.82. The van der Waals surface area contributed by atoms with Crippen LogP contribution in [0.5, 0.6) is 0 Å². The normalized spacial score (nSPS) is 17.0. The van der Waals surface area contributed by atoms with Crippen molar-refractivity contribution in [3.8, 4) is 11.3 Å². The van der Waals surface area contributed by atoms with Crippen molar-refractivity contribution in [2.24, 2.45) is 0 Å². The Bertz CT molecular complexity index is 883. The molecule has 0 spiro atoms. The zero-order valence-corrected chi connectivity index (χ0v) is 15.9. The summed E-state index contributed by atoms with van der Waals surface area (Å²) in [6.07, 6.45) is 4.09. The van der Waals surface area contributed by atoms with Crippen molar-refractivity contribution in [3.05, 3.63) is 58.7 Å². The van der Waals surface area contributed by atoms with Gasteiger partial charge in [-0.25, -0.2) is 4.98 Å². The molecule has 1 amide bonds. The molecule has 1 saturated heterocycles. The van der Waals surface area contributed by atoms with Gasteiger partial charge < -0.3 is 10.6 Å². The van der Waals surface area contributed by atoms with Gasteiger partial charge in [-0.05, 0) is 25.5 Å². The summed E-state index contributed by atoms with van der Waals surface area (Å²) >= 11 is 1.56. The quantitative estimate of drug-likeness (QED) is 0.689. The molecule has 4 rings (SSSR count). The molecule has 27 heavy (non-hydrogen) atoms. The molecule has 0 aliphatic carbocycles. The van der Waals surface area contributed by atoms with Crippen LogP contribution in [-0.4, -0.2) is 33.8 Å². The number of thiazole rings is 1. The lowest BCUT2D eigenvalue weighted by Crippen LogP contribution is -2.32. The van der Waals surface area contributed by atoms with Crippen LogP contribution in [0, 0.1) is 0 Å². The maximum absolute atomic E-state index is 12.4. The second-order valence-electron chi connectivity index (χ2n) is 6.73. The molecule has 1 fully saturated rings. The molecule has 2 N–H and O–H groups in total. The van der Waals surface area contributed by atoms with E-state index in [1.54, 1.807) is 17.5 Å². The van der Waals surface area contributed by atoms with Crippen molar-refractivity contribution < 1.29 is 4.79 Å². The fraction of sp³-hybridized carbons (Fsp3) is 0.350. The predicted octanol–water partition coefficient (Wildman–Crippen LogP) is 2.79. The summed E-state index contributed by atoms with van der Waals surface area (Å²) in [6, 6.07) is 12.1. The Morgan fingerprint density at radius 3 is 3.00 bits per heavy atom. The number of amides is 1. The van der Waals surface area contributed by atoms with Gasteiger partial charge in [-0.2, -0.15) is 5.10 Å². The van der Waals surface area contributed by atoms with Crippen molar-refractivity contribution in [2.45, 2.75) is 31.8 Å². The van der Waals surface area contributed by atoms with Gasteiger partial charge in [0.15, 0.2) is 0 Å². The average Bonchev–Trinajstić information content (AvgIpc) is 3.37. The van der Waals surface area contributed by atoms with Crippen LogP contribution in [-0.2, 0) is 17.9 Å². The monoisotopic (exact) mass is 381 g/mol. The lowest BCUT2D eigenvalue weighted by Gasteiger charge is -2.23. The molecule has 0 unspecified atom stereocenters. The number of aromatic nitrogens is 3. The van der Waals surface area contributed by atoms with Crippen LogP contribution in [0.2, 0.25) is 0 Å². The molecule has 1 aliphatic heterocycles. The van der Waals surface area contributed by atoms with Crippen LogP contribution in [0.25, 0.3) is 11.3 Å². The van der Waals surface area contributed by atoms with E-state index >= 15 is 0 Å². The first-order valence-corrected chi connectivity index (χ1v) is 10.2. The van der Waals surface area contributed by atoms with Crippen LogP contribution >= 0.6 is 11.3 Å². The number of benzene rings is 1. The van der Waals surface area contributed by atoms with Crippen molar-refractivity contribution >= 4 is 17.2 Å². The molecule has 1 aromatic carbocycles. The smallest absolute Gasteiger partial charge is 0.242 e. The molecule has 1 atom stereocenters. The number of carbonyl (C=O) groups excluding carboxylic acids is 1. The fourth-order valence-corrected chi connectivity index (χ4v) is 4.17. The van der Waals surface area contributed by atoms with Gasteiger partial charge in [0.25, 0.3) is 0 Å². The number of nitrogens with zero attached hydrogens (tertiary/aromatic N) is 3. The summed E-state index contributed by atoms with van der Waals surface area (Å²) < 4.78 is 1.82. The number of nitrogens with one attached hydrogen (secondary N) is 2. The summed E-state index contributed by atoms with van der Waals surface area (Å²) in [7, 11) is 0. The number of hydrogen-bond donors (Lipinski definition) is 2. The van der Waals surface area contributed by atoms with Crippen LogP contribution in [0.4, 0.5) is 0 Å². The Hall–Kier alpha value is -2.51. The highest BCUT2D eigenvalue weighted by molar-refractivity contribution is 7.09. The highest BCUT2D eigenvalue weighted by Crippen LogP contribution is 2.23. The van der Waals surface area contributed by atoms with Crippen LogP contribution in [0.15, 0.2) is 48.0 Å². The maximum atomic E-state index is 12.4. The Morgan fingerprint density at radius 2 is 2.19 bits per heavy atom. The minimum Gasteiger partial charge on any atom is -0.348 e. The Balaban J connectivity index is 1.33. The molecule has 0 bridgehead atoms. The Morgan fingerprint density at radius 1 is 1.30 bits per heavy atom. The largest absolute Gasteiger partial charge is 0.348 e. The fourth-order valence-electron chi connectivity index (χ4n) is 3.43. The third-order valence-corrected chi connectivity index (χ3v) is 5.66. The van der Waals surface area contributed by atoms with E-state index in [0.717, 1.165) is 47.9 Å². The number of hydrogen-bond acceptors (Lipinski definition) is 5. The first-order valence-electron chi connectivity index (χ1n) is 9.28. The summed E-state index contributed by atoms with van der Waals surface area (Å²) in [5.41, 5.74) is 3.18. The Kier molecular flexibility index (Phi) is 5.60. The predicted molar refractivity (Wildman–Crippen MR) is 106 cm³/mol. The van der Waals surface area contributed by atoms with Gasteiger partial charge in [-0.15, -0.1) is 11.3 Å². The summed E-state index contributed by atoms with van der Waals surface area (Å²) in [4.78, 5) is 17.0. The molecule has 3 heterocycles. The molecule has 2 aromatic heterocycles. The van der Waals surface area contributed by atoms with E-state index in [0.29, 0.717) is 12.5 Å². The number of rotatable bonds is 6. The number of carbonyl (C=O) groups is 1. The molecular formula is C20H23N5OS. The van der Waals surface area contributed by atoms with Gasteiger partial charge in [0.1, 0.15) is 11.6 Å². The van der Waals surface area contributed by atoms with Crippen LogP contribution in [0.1, 0.15) is 29.5 Å². The van der Waals surface area contributed by atoms with E-state index in [4.69, 9.17) is 0 Å². The van der Waals surface area contributed by atoms with E-state index in [1.165, 1.54) is 0 Å². The van der Waals surface area contributed by atoms with E-state index in [2.05, 4.69) is 20.7 Å². The highest BCUT2D eigenvalue weighted by Gasteiger charge is 2.20. The van der Waals surface area contributed by atoms with Gasteiger partial charge in [0, 0.05) is 35.3 Å². The minimum absolute atomic E-state index is 0.0415. The first-order chi connectivity index (χ1) is 13.3. The molecular weight excluding hydrogens is 358 g/mol. The minimum atomic E-state index is -0.0415. The Labute approximate surface area is 162 Å². The average molecular weight is 382 g/mol. The van der Waals surface area contributed by atoms with E-state index in [-0.39, 0.29) is 12.5 Å². The van der Waals surface area contributed by atoms with Crippen molar-refractivity contribution in [3.63, 3.8) is 0 Å². The molecule has 1 aliphatic rings. The second-order valence-corrected chi connectivity index (χ2v) is 7.67. The summed E-state index contributed by atoms with van der Waals surface area (Å²) in [5.74, 6) is 0.390. The van der Waals surface area contributed by atoms with Crippen molar-refractivity contribution in [2.75, 3.05) is 13.1 Å². The standard InChI is InChI=1S/C20H23N5OS/c26-19(13-25-18(8-10-23-25)16-7-4-9-21-11-16)22-12-20-24-17(14-27-20)15-5-2-1-3-6-15/h1-3,5-6,8,10,14,16,21H,4,7,9,11-13H2,(H,22,26)/t16-/m0/s1. The topological polar surface area (TPSA) is 71.8 Å². The first kappa shape index (κ1) is 17.9. The van der Waals surface area contributed by atoms with Gasteiger partial charge >= 0.3 is 0 Å². The third kappa shape index (κ3) is 4.43. The molecule has 6 nitrogen and oxygen atoms in total. The highest BCUT2D eigenvalue weighted by atomic mass is 32.1. The molecule has 3 aromatic rings. The molecule has 140 valence electrons. The van der Waals surface area contributed by atoms with Crippen molar-refractivity contribution in [1.29, 1.82) is 0 Å². The SMILES string of the molecule is O=C(Cn1nccc1[C@H]1CCCNC1)NCc1nc(-c2ccccc2)cs1. The zero-order chi connectivity index (χ0) is 18.5. The van der Waals surface area contributed by atoms with Crippen molar-refractivity contribution in [1.82, 2.24) is 25.4 Å². The lowest BCUT2D eigenvalue weighted by atomic mass is 9.96. The summed E-state index contributed by atoms with van der Waals surface area (Å²) in [6.45, 7) is 2.71. The van der Waals surface area contributed by atoms with E-state index in [1.807, 2.05) is 46.5 Å². The summed E-state index contributed by atoms with van der Waals surface area (Å²) in [5, 5.41) is 13.7. The van der Waals surface area contributed by atoms with Gasteiger partial charge in [-0.3, -0.25) is 9.48 Å². The second kappa shape index (κ2) is 8.45. The maximum Gasteiger partial charge on any atom is 0.242 e. The number of piperidine rings is 1. The van der Waals surface area contributed by atoms with E-state index < -0.39 is 0 Å². The molecule has 0 radical (unpaired) electrons.